The van der Waals surface area contributed by atoms with E-state index in [1.165, 1.54) is 24.3 Å². The molecule has 0 aliphatic rings. The van der Waals surface area contributed by atoms with Crippen molar-refractivity contribution in [3.8, 4) is 5.75 Å². The third-order valence-corrected chi connectivity index (χ3v) is 3.12. The number of rotatable bonds is 5. The molecule has 8 heteroatoms. The number of nitrogens with one attached hydrogen (secondary N) is 1. The van der Waals surface area contributed by atoms with Gasteiger partial charge in [-0.15, -0.1) is 0 Å². The van der Waals surface area contributed by atoms with Gasteiger partial charge in [0.25, 0.3) is 11.6 Å². The number of nitro benzene ring substituents is 1. The van der Waals surface area contributed by atoms with Crippen LogP contribution in [0.3, 0.4) is 0 Å². The van der Waals surface area contributed by atoms with E-state index in [1.807, 2.05) is 0 Å². The minimum Gasteiger partial charge on any atom is -0.482 e. The van der Waals surface area contributed by atoms with Crippen LogP contribution in [0.2, 0.25) is 10.0 Å². The van der Waals surface area contributed by atoms with Crippen molar-refractivity contribution in [3.63, 3.8) is 0 Å². The maximum Gasteiger partial charge on any atom is 0.271 e. The van der Waals surface area contributed by atoms with Gasteiger partial charge >= 0.3 is 0 Å². The predicted octanol–water partition coefficient (Wildman–Crippen LogP) is 3.92. The highest BCUT2D eigenvalue weighted by molar-refractivity contribution is 6.35. The van der Waals surface area contributed by atoms with E-state index >= 15 is 0 Å². The van der Waals surface area contributed by atoms with Crippen LogP contribution >= 0.6 is 23.2 Å². The highest BCUT2D eigenvalue weighted by atomic mass is 35.5. The minimum atomic E-state index is -0.542. The summed E-state index contributed by atoms with van der Waals surface area (Å²) in [6.07, 6.45) is 0. The summed E-state index contributed by atoms with van der Waals surface area (Å²) in [6.45, 7) is -0.288. The Balaban J connectivity index is 1.95. The number of carbonyl (C=O) groups excluding carboxylic acids is 1. The molecule has 0 aliphatic heterocycles. The van der Waals surface area contributed by atoms with Crippen LogP contribution in [0.4, 0.5) is 11.4 Å². The summed E-state index contributed by atoms with van der Waals surface area (Å²) >= 11 is 11.7. The fourth-order valence-electron chi connectivity index (χ4n) is 1.63. The van der Waals surface area contributed by atoms with Crippen LogP contribution in [0, 0.1) is 10.1 Å². The first kappa shape index (κ1) is 16.1. The summed E-state index contributed by atoms with van der Waals surface area (Å²) in [5.74, 6) is -0.147. The molecule has 0 radical (unpaired) electrons. The number of nitrogens with zero attached hydrogens (tertiary/aromatic N) is 1. The van der Waals surface area contributed by atoms with Crippen LogP contribution in [-0.4, -0.2) is 17.4 Å². The number of carbonyl (C=O) groups is 1. The molecule has 0 saturated carbocycles. The molecule has 0 heterocycles. The summed E-state index contributed by atoms with van der Waals surface area (Å²) in [7, 11) is 0. The molecule has 1 N–H and O–H groups in total. The number of non-ortho nitro benzene ring substituents is 1. The van der Waals surface area contributed by atoms with Crippen molar-refractivity contribution < 1.29 is 14.5 Å². The fraction of sp³-hybridized carbons (Fsp3) is 0.0714. The Morgan fingerprint density at radius 2 is 2.00 bits per heavy atom. The van der Waals surface area contributed by atoms with Gasteiger partial charge in [0.2, 0.25) is 0 Å². The second-order valence-electron chi connectivity index (χ2n) is 4.22. The maximum atomic E-state index is 11.8. The summed E-state index contributed by atoms with van der Waals surface area (Å²) in [5.41, 5.74) is 0.199. The lowest BCUT2D eigenvalue weighted by molar-refractivity contribution is -0.384. The fourth-order valence-corrected chi connectivity index (χ4v) is 2.09. The molecule has 0 saturated heterocycles. The lowest BCUT2D eigenvalue weighted by Gasteiger charge is -2.09. The second kappa shape index (κ2) is 7.11. The van der Waals surface area contributed by atoms with Gasteiger partial charge in [-0.3, -0.25) is 14.9 Å². The van der Waals surface area contributed by atoms with E-state index in [2.05, 4.69) is 5.32 Å². The first-order chi connectivity index (χ1) is 10.5. The number of anilines is 1. The zero-order chi connectivity index (χ0) is 16.1. The molecular weight excluding hydrogens is 331 g/mol. The average molecular weight is 341 g/mol. The molecule has 2 aromatic carbocycles. The molecule has 0 bridgehead atoms. The molecule has 0 fully saturated rings. The van der Waals surface area contributed by atoms with Crippen molar-refractivity contribution in [3.05, 3.63) is 62.6 Å². The highest BCUT2D eigenvalue weighted by Gasteiger charge is 2.10. The number of benzene rings is 2. The van der Waals surface area contributed by atoms with E-state index in [9.17, 15) is 14.9 Å². The standard InChI is InChI=1S/C14H10Cl2N2O4/c15-9-4-5-13(12(16)6-9)22-8-14(19)17-10-2-1-3-11(7-10)18(20)21/h1-7H,8H2,(H,17,19). The SMILES string of the molecule is O=C(COc1ccc(Cl)cc1Cl)Nc1cccc([N+](=O)[O-])c1. The Labute approximate surface area is 135 Å². The Kier molecular flexibility index (Phi) is 5.19. The van der Waals surface area contributed by atoms with Crippen molar-refractivity contribution >= 4 is 40.5 Å². The summed E-state index contributed by atoms with van der Waals surface area (Å²) in [6, 6.07) is 10.2. The van der Waals surface area contributed by atoms with Gasteiger partial charge in [0.15, 0.2) is 6.61 Å². The van der Waals surface area contributed by atoms with Crippen molar-refractivity contribution in [2.45, 2.75) is 0 Å². The molecule has 114 valence electrons. The molecule has 0 atom stereocenters. The Bertz CT molecular complexity index is 722. The number of hydrogen-bond acceptors (Lipinski definition) is 4. The van der Waals surface area contributed by atoms with Crippen molar-refractivity contribution in [1.82, 2.24) is 0 Å². The molecule has 1 amide bonds. The highest BCUT2D eigenvalue weighted by Crippen LogP contribution is 2.27. The third kappa shape index (κ3) is 4.34. The summed E-state index contributed by atoms with van der Waals surface area (Å²) in [5, 5.41) is 13.9. The zero-order valence-electron chi connectivity index (χ0n) is 11.1. The van der Waals surface area contributed by atoms with E-state index in [-0.39, 0.29) is 17.3 Å². The van der Waals surface area contributed by atoms with E-state index in [4.69, 9.17) is 27.9 Å². The number of halogens is 2. The van der Waals surface area contributed by atoms with E-state index in [0.717, 1.165) is 0 Å². The van der Waals surface area contributed by atoms with Gasteiger partial charge in [-0.05, 0) is 24.3 Å². The molecular formula is C14H10Cl2N2O4. The van der Waals surface area contributed by atoms with Crippen LogP contribution in [0.1, 0.15) is 0 Å². The van der Waals surface area contributed by atoms with E-state index in [1.54, 1.807) is 18.2 Å². The van der Waals surface area contributed by atoms with Crippen molar-refractivity contribution in [2.75, 3.05) is 11.9 Å². The molecule has 0 spiro atoms. The van der Waals surface area contributed by atoms with Gasteiger partial charge in [-0.1, -0.05) is 29.3 Å². The van der Waals surface area contributed by atoms with Crippen molar-refractivity contribution in [2.24, 2.45) is 0 Å². The van der Waals surface area contributed by atoms with Gasteiger partial charge in [0.1, 0.15) is 5.75 Å². The molecule has 2 aromatic rings. The normalized spacial score (nSPS) is 10.1. The number of ether oxygens (including phenoxy) is 1. The molecule has 22 heavy (non-hydrogen) atoms. The molecule has 0 aliphatic carbocycles. The average Bonchev–Trinajstić information content (AvgIpc) is 2.46. The minimum absolute atomic E-state index is 0.112. The van der Waals surface area contributed by atoms with Crippen LogP contribution in [0.25, 0.3) is 0 Å². The lowest BCUT2D eigenvalue weighted by atomic mass is 10.3. The summed E-state index contributed by atoms with van der Waals surface area (Å²) in [4.78, 5) is 21.9. The lowest BCUT2D eigenvalue weighted by Crippen LogP contribution is -2.20. The predicted molar refractivity (Wildman–Crippen MR) is 83.7 cm³/mol. The largest absolute Gasteiger partial charge is 0.482 e. The smallest absolute Gasteiger partial charge is 0.271 e. The van der Waals surface area contributed by atoms with Crippen LogP contribution in [0.5, 0.6) is 5.75 Å². The first-order valence-electron chi connectivity index (χ1n) is 6.08. The molecule has 2 rings (SSSR count). The van der Waals surface area contributed by atoms with E-state index < -0.39 is 10.8 Å². The molecule has 0 unspecified atom stereocenters. The Morgan fingerprint density at radius 1 is 1.23 bits per heavy atom. The third-order valence-electron chi connectivity index (χ3n) is 2.59. The second-order valence-corrected chi connectivity index (χ2v) is 5.06. The number of amides is 1. The van der Waals surface area contributed by atoms with Gasteiger partial charge in [0.05, 0.1) is 9.95 Å². The van der Waals surface area contributed by atoms with E-state index in [0.29, 0.717) is 16.5 Å². The monoisotopic (exact) mass is 340 g/mol. The van der Waals surface area contributed by atoms with Crippen LogP contribution in [-0.2, 0) is 4.79 Å². The van der Waals surface area contributed by atoms with Crippen LogP contribution in [0.15, 0.2) is 42.5 Å². The quantitative estimate of drug-likeness (QED) is 0.660. The Hall–Kier alpha value is -2.31. The first-order valence-corrected chi connectivity index (χ1v) is 6.83. The summed E-state index contributed by atoms with van der Waals surface area (Å²) < 4.78 is 5.27. The number of hydrogen-bond donors (Lipinski definition) is 1. The maximum absolute atomic E-state index is 11.8. The van der Waals surface area contributed by atoms with Crippen molar-refractivity contribution in [1.29, 1.82) is 0 Å². The van der Waals surface area contributed by atoms with Gasteiger partial charge < -0.3 is 10.1 Å². The topological polar surface area (TPSA) is 81.5 Å². The zero-order valence-corrected chi connectivity index (χ0v) is 12.6. The molecule has 6 nitrogen and oxygen atoms in total. The van der Waals surface area contributed by atoms with Gasteiger partial charge in [-0.25, -0.2) is 0 Å². The van der Waals surface area contributed by atoms with Crippen LogP contribution < -0.4 is 10.1 Å². The number of nitro groups is 1. The van der Waals surface area contributed by atoms with Gasteiger partial charge in [0, 0.05) is 22.8 Å². The molecule has 0 aromatic heterocycles. The van der Waals surface area contributed by atoms with Gasteiger partial charge in [-0.2, -0.15) is 0 Å². The Morgan fingerprint density at radius 3 is 2.68 bits per heavy atom.